The molecule has 0 radical (unpaired) electrons. The molecule has 4 nitrogen and oxygen atoms in total. The van der Waals surface area contributed by atoms with Gasteiger partial charge >= 0.3 is 5.97 Å². The molecule has 1 atom stereocenters. The van der Waals surface area contributed by atoms with Gasteiger partial charge in [0.05, 0.1) is 28.8 Å². The number of halogens is 2. The number of epoxide rings is 1. The van der Waals surface area contributed by atoms with Crippen LogP contribution in [0.3, 0.4) is 0 Å². The van der Waals surface area contributed by atoms with E-state index in [-0.39, 0.29) is 18.5 Å². The third-order valence-corrected chi connectivity index (χ3v) is 4.04. The number of benzene rings is 2. The van der Waals surface area contributed by atoms with Gasteiger partial charge in [0.25, 0.3) is 0 Å². The highest BCUT2D eigenvalue weighted by molar-refractivity contribution is 6.39. The monoisotopic (exact) mass is 351 g/mol. The van der Waals surface area contributed by atoms with Crippen LogP contribution in [0.1, 0.15) is 5.56 Å². The lowest BCUT2D eigenvalue weighted by Gasteiger charge is -2.14. The molecule has 120 valence electrons. The van der Waals surface area contributed by atoms with Crippen LogP contribution in [0.25, 0.3) is 0 Å². The Morgan fingerprint density at radius 1 is 1.17 bits per heavy atom. The van der Waals surface area contributed by atoms with Crippen molar-refractivity contribution in [3.8, 4) is 0 Å². The summed E-state index contributed by atoms with van der Waals surface area (Å²) in [5.41, 5.74) is 2.19. The molecule has 0 amide bonds. The number of esters is 1. The summed E-state index contributed by atoms with van der Waals surface area (Å²) in [7, 11) is 0. The normalized spacial score (nSPS) is 16.0. The molecule has 0 spiro atoms. The summed E-state index contributed by atoms with van der Waals surface area (Å²) in [4.78, 5) is 11.9. The van der Waals surface area contributed by atoms with E-state index in [2.05, 4.69) is 5.32 Å². The van der Waals surface area contributed by atoms with Gasteiger partial charge in [-0.25, -0.2) is 0 Å². The minimum atomic E-state index is -0.292. The highest BCUT2D eigenvalue weighted by atomic mass is 35.5. The molecule has 1 saturated heterocycles. The minimum absolute atomic E-state index is 0.0641. The standard InChI is InChI=1S/C17H15Cl2NO3/c18-13-5-3-6-14(19)17(13)20-15-7-2-1-4-11(15)8-16(21)23-10-12-9-22-12/h1-7,12,20H,8-10H2/t12-/m0/s1. The number of carbonyl (C=O) groups excluding carboxylic acids is 1. The third-order valence-electron chi connectivity index (χ3n) is 3.41. The molecule has 1 heterocycles. The molecule has 23 heavy (non-hydrogen) atoms. The van der Waals surface area contributed by atoms with Crippen LogP contribution >= 0.6 is 23.2 Å². The number of anilines is 2. The van der Waals surface area contributed by atoms with Gasteiger partial charge in [-0.1, -0.05) is 47.5 Å². The first-order valence-corrected chi connectivity index (χ1v) is 7.95. The highest BCUT2D eigenvalue weighted by Gasteiger charge is 2.24. The summed E-state index contributed by atoms with van der Waals surface area (Å²) < 4.78 is 10.2. The number of rotatable bonds is 6. The van der Waals surface area contributed by atoms with Crippen LogP contribution in [0.2, 0.25) is 10.0 Å². The number of carbonyl (C=O) groups is 1. The van der Waals surface area contributed by atoms with Crippen molar-refractivity contribution in [1.82, 2.24) is 0 Å². The molecule has 0 aliphatic carbocycles. The van der Waals surface area contributed by atoms with Gasteiger partial charge < -0.3 is 14.8 Å². The molecule has 1 fully saturated rings. The average Bonchev–Trinajstić information content (AvgIpc) is 3.35. The van der Waals surface area contributed by atoms with E-state index in [1.54, 1.807) is 18.2 Å². The fourth-order valence-corrected chi connectivity index (χ4v) is 2.60. The lowest BCUT2D eigenvalue weighted by molar-refractivity contribution is -0.143. The number of para-hydroxylation sites is 2. The zero-order valence-electron chi connectivity index (χ0n) is 12.2. The molecule has 1 aliphatic rings. The Balaban J connectivity index is 1.73. The quantitative estimate of drug-likeness (QED) is 0.625. The van der Waals surface area contributed by atoms with Gasteiger partial charge in [-0.2, -0.15) is 0 Å². The van der Waals surface area contributed by atoms with Crippen molar-refractivity contribution in [2.24, 2.45) is 0 Å². The minimum Gasteiger partial charge on any atom is -0.463 e. The van der Waals surface area contributed by atoms with E-state index in [1.165, 1.54) is 0 Å². The van der Waals surface area contributed by atoms with Crippen LogP contribution in [0, 0.1) is 0 Å². The summed E-state index contributed by atoms with van der Waals surface area (Å²) in [5, 5.41) is 4.22. The van der Waals surface area contributed by atoms with E-state index in [1.807, 2.05) is 24.3 Å². The second-order valence-electron chi connectivity index (χ2n) is 5.19. The van der Waals surface area contributed by atoms with E-state index in [9.17, 15) is 4.79 Å². The van der Waals surface area contributed by atoms with Crippen molar-refractivity contribution < 1.29 is 14.3 Å². The van der Waals surface area contributed by atoms with Gasteiger partial charge in [0.1, 0.15) is 12.7 Å². The Labute approximate surface area is 144 Å². The summed E-state index contributed by atoms with van der Waals surface area (Å²) in [6.45, 7) is 0.973. The summed E-state index contributed by atoms with van der Waals surface area (Å²) in [6, 6.07) is 12.8. The molecule has 3 rings (SSSR count). The number of hydrogen-bond acceptors (Lipinski definition) is 4. The van der Waals surface area contributed by atoms with Crippen LogP contribution in [-0.4, -0.2) is 25.3 Å². The van der Waals surface area contributed by atoms with Crippen LogP contribution in [-0.2, 0) is 20.7 Å². The smallest absolute Gasteiger partial charge is 0.310 e. The zero-order chi connectivity index (χ0) is 16.2. The molecule has 1 N–H and O–H groups in total. The SMILES string of the molecule is O=C(Cc1ccccc1Nc1c(Cl)cccc1Cl)OC[C@@H]1CO1. The summed E-state index contributed by atoms with van der Waals surface area (Å²) in [6.07, 6.45) is 0.229. The zero-order valence-corrected chi connectivity index (χ0v) is 13.7. The van der Waals surface area contributed by atoms with Gasteiger partial charge in [0, 0.05) is 5.69 Å². The van der Waals surface area contributed by atoms with E-state index < -0.39 is 0 Å². The first-order chi connectivity index (χ1) is 11.1. The van der Waals surface area contributed by atoms with E-state index in [0.717, 1.165) is 11.3 Å². The van der Waals surface area contributed by atoms with E-state index in [0.29, 0.717) is 28.9 Å². The molecular weight excluding hydrogens is 337 g/mol. The average molecular weight is 352 g/mol. The van der Waals surface area contributed by atoms with Gasteiger partial charge in [-0.15, -0.1) is 0 Å². The van der Waals surface area contributed by atoms with E-state index >= 15 is 0 Å². The van der Waals surface area contributed by atoms with Gasteiger partial charge in [-0.3, -0.25) is 4.79 Å². The maximum Gasteiger partial charge on any atom is 0.310 e. The fourth-order valence-electron chi connectivity index (χ4n) is 2.11. The van der Waals surface area contributed by atoms with Crippen LogP contribution < -0.4 is 5.32 Å². The largest absolute Gasteiger partial charge is 0.463 e. The van der Waals surface area contributed by atoms with Crippen molar-refractivity contribution >= 4 is 40.5 Å². The molecule has 2 aromatic rings. The van der Waals surface area contributed by atoms with Crippen LogP contribution in [0.15, 0.2) is 42.5 Å². The topological polar surface area (TPSA) is 50.9 Å². The lowest BCUT2D eigenvalue weighted by atomic mass is 10.1. The molecule has 0 bridgehead atoms. The van der Waals surface area contributed by atoms with E-state index in [4.69, 9.17) is 32.7 Å². The first-order valence-electron chi connectivity index (χ1n) is 7.19. The molecule has 1 aliphatic heterocycles. The Hall–Kier alpha value is -1.75. The van der Waals surface area contributed by atoms with Crippen molar-refractivity contribution in [1.29, 1.82) is 0 Å². The number of hydrogen-bond donors (Lipinski definition) is 1. The first kappa shape index (κ1) is 16.1. The predicted octanol–water partition coefficient (Wildman–Crippen LogP) is 4.22. The summed E-state index contributed by atoms with van der Waals surface area (Å²) in [5.74, 6) is -0.292. The maximum absolute atomic E-state index is 11.9. The third kappa shape index (κ3) is 4.38. The fraction of sp³-hybridized carbons (Fsp3) is 0.235. The lowest BCUT2D eigenvalue weighted by Crippen LogP contribution is -2.13. The highest BCUT2D eigenvalue weighted by Crippen LogP contribution is 2.33. The molecule has 0 aromatic heterocycles. The molecule has 2 aromatic carbocycles. The van der Waals surface area contributed by atoms with Crippen LogP contribution in [0.4, 0.5) is 11.4 Å². The van der Waals surface area contributed by atoms with Crippen LogP contribution in [0.5, 0.6) is 0 Å². The second-order valence-corrected chi connectivity index (χ2v) is 6.01. The second kappa shape index (κ2) is 7.21. The number of ether oxygens (including phenoxy) is 2. The van der Waals surface area contributed by atoms with Crippen molar-refractivity contribution in [3.63, 3.8) is 0 Å². The Bertz CT molecular complexity index is 696. The summed E-state index contributed by atoms with van der Waals surface area (Å²) >= 11 is 12.4. The van der Waals surface area contributed by atoms with Gasteiger partial charge in [0.2, 0.25) is 0 Å². The Morgan fingerprint density at radius 3 is 2.57 bits per heavy atom. The molecular formula is C17H15Cl2NO3. The predicted molar refractivity (Wildman–Crippen MR) is 90.6 cm³/mol. The number of nitrogens with one attached hydrogen (secondary N) is 1. The van der Waals surface area contributed by atoms with Crippen molar-refractivity contribution in [2.45, 2.75) is 12.5 Å². The molecule has 0 unspecified atom stereocenters. The van der Waals surface area contributed by atoms with Crippen molar-refractivity contribution in [3.05, 3.63) is 58.1 Å². The van der Waals surface area contributed by atoms with Gasteiger partial charge in [0.15, 0.2) is 0 Å². The molecule has 0 saturated carbocycles. The van der Waals surface area contributed by atoms with Crippen molar-refractivity contribution in [2.75, 3.05) is 18.5 Å². The Kier molecular flexibility index (Phi) is 5.06. The molecule has 6 heteroatoms. The Morgan fingerprint density at radius 2 is 1.87 bits per heavy atom. The van der Waals surface area contributed by atoms with Gasteiger partial charge in [-0.05, 0) is 23.8 Å². The maximum atomic E-state index is 11.9.